The molecule has 1 saturated carbocycles. The molecule has 0 heterocycles. The summed E-state index contributed by atoms with van der Waals surface area (Å²) in [5.41, 5.74) is 0.746. The van der Waals surface area contributed by atoms with E-state index in [1.807, 2.05) is 0 Å². The maximum Gasteiger partial charge on any atom is 0.408 e. The molecule has 1 aromatic carbocycles. The fraction of sp³-hybridized carbons (Fsp3) is 0.609. The molecule has 0 radical (unpaired) electrons. The van der Waals surface area contributed by atoms with Gasteiger partial charge in [-0.1, -0.05) is 55.8 Å². The van der Waals surface area contributed by atoms with E-state index in [9.17, 15) is 19.5 Å². The molecule has 0 aromatic heterocycles. The number of hydrogen-bond acceptors (Lipinski definition) is 5. The minimum Gasteiger partial charge on any atom is -0.445 e. The van der Waals surface area contributed by atoms with Crippen LogP contribution in [-0.2, 0) is 20.9 Å². The Hall–Kier alpha value is -2.32. The van der Waals surface area contributed by atoms with Gasteiger partial charge in [-0.2, -0.15) is 0 Å². The van der Waals surface area contributed by atoms with Gasteiger partial charge in [0, 0.05) is 18.5 Å². The van der Waals surface area contributed by atoms with Crippen molar-refractivity contribution in [1.82, 2.24) is 16.0 Å². The van der Waals surface area contributed by atoms with Gasteiger partial charge in [0.15, 0.2) is 0 Å². The molecule has 2 rings (SSSR count). The summed E-state index contributed by atoms with van der Waals surface area (Å²) < 4.78 is 5.29. The van der Waals surface area contributed by atoms with Gasteiger partial charge in [-0.15, -0.1) is 0 Å². The summed E-state index contributed by atoms with van der Waals surface area (Å²) in [4.78, 5) is 36.8. The standard InChI is InChI=1S/C23H34ClN3O5/c1-25-21(29)11-10-19(14-28)26-22(30)20(13-16-6-3-2-4-7-16)27-23(31)32-15-17-8-5-9-18(24)12-17/h5,8-9,12,16,19-20,28H,2-4,6-7,10-11,13-15H2,1H3,(H,25,29)(H,26,30)(H,27,31)/t19?,20-/m0/s1. The van der Waals surface area contributed by atoms with Gasteiger partial charge >= 0.3 is 6.09 Å². The predicted octanol–water partition coefficient (Wildman–Crippen LogP) is 2.91. The topological polar surface area (TPSA) is 117 Å². The third-order valence-corrected chi connectivity index (χ3v) is 5.96. The first-order chi connectivity index (χ1) is 15.4. The highest BCUT2D eigenvalue weighted by atomic mass is 35.5. The first kappa shape index (κ1) is 25.9. The second-order valence-corrected chi connectivity index (χ2v) is 8.68. The molecular weight excluding hydrogens is 434 g/mol. The zero-order valence-corrected chi connectivity index (χ0v) is 19.3. The summed E-state index contributed by atoms with van der Waals surface area (Å²) in [5, 5.41) is 18.1. The number of benzene rings is 1. The van der Waals surface area contributed by atoms with Crippen LogP contribution in [0.1, 0.15) is 56.9 Å². The summed E-state index contributed by atoms with van der Waals surface area (Å²) in [7, 11) is 1.54. The zero-order chi connectivity index (χ0) is 23.3. The van der Waals surface area contributed by atoms with Crippen LogP contribution in [0.15, 0.2) is 24.3 Å². The molecule has 1 aliphatic rings. The lowest BCUT2D eigenvalue weighted by Gasteiger charge is -2.27. The molecule has 3 amide bonds. The van der Waals surface area contributed by atoms with E-state index < -0.39 is 18.2 Å². The Bertz CT molecular complexity index is 755. The lowest BCUT2D eigenvalue weighted by atomic mass is 9.84. The molecule has 0 saturated heterocycles. The molecule has 0 bridgehead atoms. The van der Waals surface area contributed by atoms with Crippen LogP contribution in [0.2, 0.25) is 5.02 Å². The molecule has 0 aliphatic heterocycles. The Kier molecular flexibility index (Phi) is 11.3. The van der Waals surface area contributed by atoms with Crippen LogP contribution in [0.3, 0.4) is 0 Å². The predicted molar refractivity (Wildman–Crippen MR) is 122 cm³/mol. The molecule has 1 aromatic rings. The van der Waals surface area contributed by atoms with Crippen molar-refractivity contribution in [2.24, 2.45) is 5.92 Å². The van der Waals surface area contributed by atoms with E-state index in [0.29, 0.717) is 23.8 Å². The van der Waals surface area contributed by atoms with Crippen molar-refractivity contribution < 1.29 is 24.2 Å². The van der Waals surface area contributed by atoms with Crippen LogP contribution in [0.5, 0.6) is 0 Å². The molecule has 4 N–H and O–H groups in total. The highest BCUT2D eigenvalue weighted by Crippen LogP contribution is 2.27. The fourth-order valence-electron chi connectivity index (χ4n) is 3.89. The van der Waals surface area contributed by atoms with Crippen molar-refractivity contribution in [3.05, 3.63) is 34.9 Å². The normalized spacial score (nSPS) is 16.0. The van der Waals surface area contributed by atoms with Gasteiger partial charge in [-0.05, 0) is 36.5 Å². The lowest BCUT2D eigenvalue weighted by Crippen LogP contribution is -2.51. The second kappa shape index (κ2) is 14.0. The molecule has 1 unspecified atom stereocenters. The van der Waals surface area contributed by atoms with Crippen molar-refractivity contribution in [1.29, 1.82) is 0 Å². The number of rotatable bonds is 11. The van der Waals surface area contributed by atoms with Crippen LogP contribution >= 0.6 is 11.6 Å². The number of alkyl carbamates (subject to hydrolysis) is 1. The number of carbonyl (C=O) groups is 3. The number of hydrogen-bond donors (Lipinski definition) is 4. The van der Waals surface area contributed by atoms with E-state index in [2.05, 4.69) is 16.0 Å². The number of amides is 3. The van der Waals surface area contributed by atoms with Gasteiger partial charge in [0.2, 0.25) is 11.8 Å². The molecule has 9 heteroatoms. The molecular formula is C23H34ClN3O5. The highest BCUT2D eigenvalue weighted by Gasteiger charge is 2.28. The van der Waals surface area contributed by atoms with E-state index in [1.54, 1.807) is 24.3 Å². The monoisotopic (exact) mass is 467 g/mol. The highest BCUT2D eigenvalue weighted by molar-refractivity contribution is 6.30. The Morgan fingerprint density at radius 1 is 1.19 bits per heavy atom. The minimum absolute atomic E-state index is 0.0373. The Morgan fingerprint density at radius 3 is 2.59 bits per heavy atom. The third kappa shape index (κ3) is 9.44. The minimum atomic E-state index is -0.779. The molecule has 32 heavy (non-hydrogen) atoms. The van der Waals surface area contributed by atoms with Gasteiger partial charge in [-0.25, -0.2) is 4.79 Å². The van der Waals surface area contributed by atoms with Crippen LogP contribution in [0, 0.1) is 5.92 Å². The van der Waals surface area contributed by atoms with E-state index in [0.717, 1.165) is 31.2 Å². The van der Waals surface area contributed by atoms with Gasteiger partial charge in [-0.3, -0.25) is 9.59 Å². The average molecular weight is 468 g/mol. The number of nitrogens with one attached hydrogen (secondary N) is 3. The molecule has 178 valence electrons. The summed E-state index contributed by atoms with van der Waals surface area (Å²) in [6.07, 6.45) is 5.76. The van der Waals surface area contributed by atoms with E-state index in [-0.39, 0.29) is 31.4 Å². The first-order valence-corrected chi connectivity index (χ1v) is 11.6. The van der Waals surface area contributed by atoms with Gasteiger partial charge in [0.05, 0.1) is 12.6 Å². The maximum atomic E-state index is 12.9. The number of halogens is 1. The summed E-state index contributed by atoms with van der Waals surface area (Å²) in [6, 6.07) is 5.66. The Morgan fingerprint density at radius 2 is 1.94 bits per heavy atom. The SMILES string of the molecule is CNC(=O)CCC(CO)NC(=O)[C@H](CC1CCCCC1)NC(=O)OCc1cccc(Cl)c1. The third-order valence-electron chi connectivity index (χ3n) is 5.73. The van der Waals surface area contributed by atoms with E-state index in [4.69, 9.17) is 16.3 Å². The van der Waals surface area contributed by atoms with E-state index >= 15 is 0 Å². The first-order valence-electron chi connectivity index (χ1n) is 11.2. The van der Waals surface area contributed by atoms with Crippen LogP contribution in [0.4, 0.5) is 4.79 Å². The van der Waals surface area contributed by atoms with E-state index in [1.165, 1.54) is 13.5 Å². The van der Waals surface area contributed by atoms with Crippen molar-refractivity contribution in [3.8, 4) is 0 Å². The summed E-state index contributed by atoms with van der Waals surface area (Å²) >= 11 is 5.96. The number of ether oxygens (including phenoxy) is 1. The lowest BCUT2D eigenvalue weighted by molar-refractivity contribution is -0.125. The largest absolute Gasteiger partial charge is 0.445 e. The van der Waals surface area contributed by atoms with Crippen LogP contribution in [-0.4, -0.2) is 48.8 Å². The van der Waals surface area contributed by atoms with Gasteiger partial charge in [0.25, 0.3) is 0 Å². The number of aliphatic hydroxyl groups is 1. The van der Waals surface area contributed by atoms with Crippen molar-refractivity contribution in [2.75, 3.05) is 13.7 Å². The molecule has 1 fully saturated rings. The van der Waals surface area contributed by atoms with Crippen molar-refractivity contribution in [2.45, 2.75) is 70.1 Å². The molecule has 2 atom stereocenters. The molecule has 8 nitrogen and oxygen atoms in total. The fourth-order valence-corrected chi connectivity index (χ4v) is 4.10. The Balaban J connectivity index is 1.96. The van der Waals surface area contributed by atoms with Crippen LogP contribution < -0.4 is 16.0 Å². The number of carbonyl (C=O) groups excluding carboxylic acids is 3. The molecule has 0 spiro atoms. The smallest absolute Gasteiger partial charge is 0.408 e. The Labute approximate surface area is 194 Å². The zero-order valence-electron chi connectivity index (χ0n) is 18.6. The van der Waals surface area contributed by atoms with Gasteiger partial charge in [0.1, 0.15) is 12.6 Å². The quantitative estimate of drug-likeness (QED) is 0.399. The second-order valence-electron chi connectivity index (χ2n) is 8.24. The average Bonchev–Trinajstić information content (AvgIpc) is 2.80. The summed E-state index contributed by atoms with van der Waals surface area (Å²) in [6.45, 7) is -0.256. The molecule has 1 aliphatic carbocycles. The summed E-state index contributed by atoms with van der Waals surface area (Å²) in [5.74, 6) is -0.211. The number of aliphatic hydroxyl groups excluding tert-OH is 1. The van der Waals surface area contributed by atoms with Crippen molar-refractivity contribution in [3.63, 3.8) is 0 Å². The van der Waals surface area contributed by atoms with Crippen molar-refractivity contribution >= 4 is 29.5 Å². The van der Waals surface area contributed by atoms with Gasteiger partial charge < -0.3 is 25.8 Å². The van der Waals surface area contributed by atoms with Crippen LogP contribution in [0.25, 0.3) is 0 Å². The maximum absolute atomic E-state index is 12.9.